The summed E-state index contributed by atoms with van der Waals surface area (Å²) in [7, 11) is 0. The third kappa shape index (κ3) is 2.49. The summed E-state index contributed by atoms with van der Waals surface area (Å²) in [5, 5.41) is 9.38. The zero-order chi connectivity index (χ0) is 16.4. The Morgan fingerprint density at radius 2 is 1.50 bits per heavy atom. The number of nitrogens with zero attached hydrogens (tertiary/aromatic N) is 3. The molecule has 0 radical (unpaired) electrons. The van der Waals surface area contributed by atoms with E-state index in [0.717, 1.165) is 33.2 Å². The molecule has 0 aliphatic rings. The lowest BCUT2D eigenvalue weighted by Gasteiger charge is -2.13. The SMILES string of the molecule is N=[N+]=Nc1cccc(Nc2c3ccccc3nc3ccccc23)c1. The second kappa shape index (κ2) is 5.91. The van der Waals surface area contributed by atoms with Crippen molar-refractivity contribution in [3.63, 3.8) is 0 Å². The Balaban J connectivity index is 1.93. The van der Waals surface area contributed by atoms with Crippen LogP contribution >= 0.6 is 0 Å². The Morgan fingerprint density at radius 3 is 2.17 bits per heavy atom. The van der Waals surface area contributed by atoms with Gasteiger partial charge in [-0.05, 0) is 30.3 Å². The molecular weight excluding hydrogens is 298 g/mol. The summed E-state index contributed by atoms with van der Waals surface area (Å²) >= 11 is 0. The maximum absolute atomic E-state index is 6.88. The molecule has 2 N–H and O–H groups in total. The Hall–Kier alpha value is -3.56. The van der Waals surface area contributed by atoms with Gasteiger partial charge in [-0.25, -0.2) is 4.98 Å². The summed E-state index contributed by atoms with van der Waals surface area (Å²) in [6.07, 6.45) is 0. The zero-order valence-electron chi connectivity index (χ0n) is 12.8. The van der Waals surface area contributed by atoms with Gasteiger partial charge in [-0.1, -0.05) is 42.5 Å². The molecular formula is C19H14N5+. The monoisotopic (exact) mass is 312 g/mol. The van der Waals surface area contributed by atoms with Crippen molar-refractivity contribution in [1.29, 1.82) is 5.53 Å². The molecule has 0 amide bonds. The van der Waals surface area contributed by atoms with Crippen molar-refractivity contribution in [2.24, 2.45) is 5.11 Å². The predicted octanol–water partition coefficient (Wildman–Crippen LogP) is 5.31. The minimum Gasteiger partial charge on any atom is -0.354 e. The molecule has 1 aromatic heterocycles. The number of aromatic nitrogens is 1. The Kier molecular flexibility index (Phi) is 3.46. The molecule has 0 bridgehead atoms. The minimum atomic E-state index is 0.637. The molecule has 1 heterocycles. The number of hydrogen-bond donors (Lipinski definition) is 2. The van der Waals surface area contributed by atoms with E-state index >= 15 is 0 Å². The number of anilines is 2. The summed E-state index contributed by atoms with van der Waals surface area (Å²) in [6.45, 7) is 0. The van der Waals surface area contributed by atoms with E-state index in [1.165, 1.54) is 0 Å². The Morgan fingerprint density at radius 1 is 0.833 bits per heavy atom. The van der Waals surface area contributed by atoms with E-state index in [4.69, 9.17) is 10.5 Å². The molecule has 4 rings (SSSR count). The van der Waals surface area contributed by atoms with Gasteiger partial charge in [0.2, 0.25) is 4.91 Å². The van der Waals surface area contributed by atoms with Crippen LogP contribution in [0.1, 0.15) is 0 Å². The number of pyridine rings is 1. The zero-order valence-corrected chi connectivity index (χ0v) is 12.8. The first-order valence-corrected chi connectivity index (χ1v) is 7.57. The van der Waals surface area contributed by atoms with E-state index in [2.05, 4.69) is 27.5 Å². The second-order valence-corrected chi connectivity index (χ2v) is 5.40. The molecule has 0 spiro atoms. The van der Waals surface area contributed by atoms with Crippen LogP contribution in [-0.2, 0) is 0 Å². The van der Waals surface area contributed by atoms with E-state index in [-0.39, 0.29) is 0 Å². The summed E-state index contributed by atoms with van der Waals surface area (Å²) < 4.78 is 0. The largest absolute Gasteiger partial charge is 0.354 e. The van der Waals surface area contributed by atoms with Crippen molar-refractivity contribution in [1.82, 2.24) is 9.90 Å². The van der Waals surface area contributed by atoms with Crippen LogP contribution in [0.4, 0.5) is 17.1 Å². The molecule has 0 fully saturated rings. The van der Waals surface area contributed by atoms with Gasteiger partial charge in [-0.15, -0.1) is 0 Å². The first-order chi connectivity index (χ1) is 11.8. The first kappa shape index (κ1) is 14.1. The molecule has 4 aromatic rings. The number of fused-ring (bicyclic) bond motifs is 2. The fourth-order valence-corrected chi connectivity index (χ4v) is 2.82. The predicted molar refractivity (Wildman–Crippen MR) is 95.9 cm³/mol. The van der Waals surface area contributed by atoms with Gasteiger partial charge in [-0.2, -0.15) is 0 Å². The lowest BCUT2D eigenvalue weighted by Crippen LogP contribution is -1.95. The van der Waals surface area contributed by atoms with E-state index in [1.54, 1.807) is 0 Å². The van der Waals surface area contributed by atoms with Gasteiger partial charge in [0.15, 0.2) is 10.8 Å². The number of hydrogen-bond acceptors (Lipinski definition) is 4. The van der Waals surface area contributed by atoms with Gasteiger partial charge < -0.3 is 5.32 Å². The lowest BCUT2D eigenvalue weighted by atomic mass is 10.1. The fourth-order valence-electron chi connectivity index (χ4n) is 2.82. The highest BCUT2D eigenvalue weighted by Gasteiger charge is 2.09. The van der Waals surface area contributed by atoms with Crippen LogP contribution in [0.25, 0.3) is 21.8 Å². The van der Waals surface area contributed by atoms with Gasteiger partial charge in [0.05, 0.1) is 16.7 Å². The van der Waals surface area contributed by atoms with Crippen molar-refractivity contribution in [3.8, 4) is 0 Å². The number of nitrogens with one attached hydrogen (secondary N) is 2. The highest BCUT2D eigenvalue weighted by atomic mass is 15.1. The number of para-hydroxylation sites is 2. The summed E-state index contributed by atoms with van der Waals surface area (Å²) in [4.78, 5) is 7.82. The highest BCUT2D eigenvalue weighted by molar-refractivity contribution is 6.08. The van der Waals surface area contributed by atoms with Gasteiger partial charge in [0, 0.05) is 16.5 Å². The molecule has 3 aromatic carbocycles. The van der Waals surface area contributed by atoms with E-state index < -0.39 is 0 Å². The third-order valence-electron chi connectivity index (χ3n) is 3.87. The van der Waals surface area contributed by atoms with Crippen LogP contribution in [-0.4, -0.2) is 4.98 Å². The fraction of sp³-hybridized carbons (Fsp3) is 0. The molecule has 0 saturated heterocycles. The van der Waals surface area contributed by atoms with Crippen molar-refractivity contribution in [3.05, 3.63) is 72.8 Å². The molecule has 24 heavy (non-hydrogen) atoms. The van der Waals surface area contributed by atoms with Crippen LogP contribution in [0.5, 0.6) is 0 Å². The maximum atomic E-state index is 6.88. The number of rotatable bonds is 3. The maximum Gasteiger partial charge on any atom is 0.220 e. The van der Waals surface area contributed by atoms with Crippen molar-refractivity contribution < 1.29 is 0 Å². The molecule has 114 valence electrons. The van der Waals surface area contributed by atoms with Gasteiger partial charge in [0.1, 0.15) is 5.53 Å². The van der Waals surface area contributed by atoms with E-state index in [9.17, 15) is 0 Å². The van der Waals surface area contributed by atoms with E-state index in [1.807, 2.05) is 60.7 Å². The van der Waals surface area contributed by atoms with Crippen molar-refractivity contribution in [2.45, 2.75) is 0 Å². The normalized spacial score (nSPS) is 10.5. The van der Waals surface area contributed by atoms with Crippen LogP contribution in [0.3, 0.4) is 0 Å². The summed E-state index contributed by atoms with van der Waals surface area (Å²) in [5.74, 6) is 0. The molecule has 0 aliphatic heterocycles. The topological polar surface area (TPSA) is 75.2 Å². The summed E-state index contributed by atoms with van der Waals surface area (Å²) in [6, 6.07) is 23.7. The van der Waals surface area contributed by atoms with Gasteiger partial charge >= 0.3 is 0 Å². The molecule has 0 saturated carbocycles. The molecule has 0 aliphatic carbocycles. The standard InChI is InChI=1S/C19H14N5/c20-24-23-14-7-5-6-13(12-14)21-19-15-8-1-3-10-17(15)22-18-11-4-2-9-16(18)19/h1-12,20H,(H,21,22)/q+1. The Bertz CT molecular complexity index is 1040. The number of benzene rings is 3. The molecule has 0 atom stereocenters. The highest BCUT2D eigenvalue weighted by Crippen LogP contribution is 2.33. The smallest absolute Gasteiger partial charge is 0.220 e. The third-order valence-corrected chi connectivity index (χ3v) is 3.87. The van der Waals surface area contributed by atoms with Gasteiger partial charge in [-0.3, -0.25) is 0 Å². The molecule has 5 heteroatoms. The van der Waals surface area contributed by atoms with Crippen LogP contribution < -0.4 is 10.2 Å². The summed E-state index contributed by atoms with van der Waals surface area (Å²) in [5.41, 5.74) is 11.3. The minimum absolute atomic E-state index is 0.637. The van der Waals surface area contributed by atoms with Crippen LogP contribution in [0, 0.1) is 5.53 Å². The van der Waals surface area contributed by atoms with E-state index in [0.29, 0.717) is 5.69 Å². The second-order valence-electron chi connectivity index (χ2n) is 5.40. The van der Waals surface area contributed by atoms with Crippen LogP contribution in [0.2, 0.25) is 0 Å². The van der Waals surface area contributed by atoms with Gasteiger partial charge in [0.25, 0.3) is 0 Å². The van der Waals surface area contributed by atoms with Crippen molar-refractivity contribution >= 4 is 38.9 Å². The first-order valence-electron chi connectivity index (χ1n) is 7.57. The lowest BCUT2D eigenvalue weighted by molar-refractivity contribution is 0.992. The molecule has 0 unspecified atom stereocenters. The molecule has 5 nitrogen and oxygen atoms in total. The average molecular weight is 312 g/mol. The van der Waals surface area contributed by atoms with Crippen molar-refractivity contribution in [2.75, 3.05) is 5.32 Å². The quantitative estimate of drug-likeness (QED) is 0.305. The average Bonchev–Trinajstić information content (AvgIpc) is 2.62. The van der Waals surface area contributed by atoms with Crippen LogP contribution in [0.15, 0.2) is 77.9 Å². The Labute approximate surface area is 138 Å².